The smallest absolute Gasteiger partial charge is 0.130 e. The first-order valence-corrected chi connectivity index (χ1v) is 6.90. The molecule has 1 fully saturated rings. The number of hydrogen-bond acceptors (Lipinski definition) is 2. The van der Waals surface area contributed by atoms with Crippen LogP contribution in [0.1, 0.15) is 44.2 Å². The Kier molecular flexibility index (Phi) is 4.55. The fourth-order valence-electron chi connectivity index (χ4n) is 2.59. The standard InChI is InChI=1S/C16H20FNO/c1-11-3-6-15(7-12(11)2)19-10-14-5-4-13(9-18)8-16(14)17/h4-5,8,11-12,15H,3,6-7,10H2,1-2H3. The van der Waals surface area contributed by atoms with Gasteiger partial charge in [-0.3, -0.25) is 0 Å². The molecule has 1 aliphatic carbocycles. The van der Waals surface area contributed by atoms with Gasteiger partial charge in [-0.15, -0.1) is 0 Å². The Hall–Kier alpha value is -1.40. The van der Waals surface area contributed by atoms with Crippen molar-refractivity contribution in [3.8, 4) is 6.07 Å². The molecule has 102 valence electrons. The lowest BCUT2D eigenvalue weighted by molar-refractivity contribution is -0.00845. The molecule has 0 amide bonds. The summed E-state index contributed by atoms with van der Waals surface area (Å²) < 4.78 is 19.5. The minimum absolute atomic E-state index is 0.237. The molecule has 0 saturated heterocycles. The molecule has 0 aromatic heterocycles. The van der Waals surface area contributed by atoms with Gasteiger partial charge in [0.05, 0.1) is 24.3 Å². The first-order valence-electron chi connectivity index (χ1n) is 6.90. The van der Waals surface area contributed by atoms with Crippen LogP contribution in [0.3, 0.4) is 0 Å². The minimum atomic E-state index is -0.351. The van der Waals surface area contributed by atoms with Crippen LogP contribution in [0.5, 0.6) is 0 Å². The van der Waals surface area contributed by atoms with Crippen LogP contribution in [-0.4, -0.2) is 6.10 Å². The van der Waals surface area contributed by atoms with Crippen molar-refractivity contribution in [1.82, 2.24) is 0 Å². The third-order valence-corrected chi connectivity index (χ3v) is 4.21. The molecule has 1 aromatic carbocycles. The van der Waals surface area contributed by atoms with Crippen molar-refractivity contribution in [3.63, 3.8) is 0 Å². The molecule has 0 bridgehead atoms. The number of hydrogen-bond donors (Lipinski definition) is 0. The zero-order valence-corrected chi connectivity index (χ0v) is 11.5. The molecule has 0 spiro atoms. The SMILES string of the molecule is CC1CCC(OCc2ccc(C#N)cc2F)CC1C. The second kappa shape index (κ2) is 6.16. The van der Waals surface area contributed by atoms with Crippen LogP contribution < -0.4 is 0 Å². The van der Waals surface area contributed by atoms with Gasteiger partial charge in [0.25, 0.3) is 0 Å². The summed E-state index contributed by atoms with van der Waals surface area (Å²) in [6.07, 6.45) is 3.53. The zero-order valence-electron chi connectivity index (χ0n) is 11.5. The van der Waals surface area contributed by atoms with Gasteiger partial charge in [-0.2, -0.15) is 5.26 Å². The van der Waals surface area contributed by atoms with E-state index in [1.807, 2.05) is 6.07 Å². The highest BCUT2D eigenvalue weighted by Crippen LogP contribution is 2.31. The zero-order chi connectivity index (χ0) is 13.8. The Labute approximate surface area is 114 Å². The largest absolute Gasteiger partial charge is 0.373 e. The first-order chi connectivity index (χ1) is 9.10. The monoisotopic (exact) mass is 261 g/mol. The Morgan fingerprint density at radius 1 is 1.32 bits per heavy atom. The normalized spacial score (nSPS) is 26.9. The van der Waals surface area contributed by atoms with E-state index < -0.39 is 0 Å². The van der Waals surface area contributed by atoms with Crippen LogP contribution in [0.15, 0.2) is 18.2 Å². The fourth-order valence-corrected chi connectivity index (χ4v) is 2.59. The molecule has 1 aliphatic rings. The molecule has 2 rings (SSSR count). The number of halogens is 1. The minimum Gasteiger partial charge on any atom is -0.373 e. The van der Waals surface area contributed by atoms with Crippen LogP contribution in [0.4, 0.5) is 4.39 Å². The summed E-state index contributed by atoms with van der Waals surface area (Å²) >= 11 is 0. The van der Waals surface area contributed by atoms with Crippen molar-refractivity contribution >= 4 is 0 Å². The third-order valence-electron chi connectivity index (χ3n) is 4.21. The van der Waals surface area contributed by atoms with E-state index in [1.54, 1.807) is 12.1 Å². The Bertz CT molecular complexity index is 480. The molecule has 0 radical (unpaired) electrons. The number of ether oxygens (including phenoxy) is 1. The van der Waals surface area contributed by atoms with Crippen molar-refractivity contribution in [3.05, 3.63) is 35.1 Å². The summed E-state index contributed by atoms with van der Waals surface area (Å²) in [6.45, 7) is 4.83. The summed E-state index contributed by atoms with van der Waals surface area (Å²) in [5.41, 5.74) is 0.881. The molecule has 0 N–H and O–H groups in total. The Balaban J connectivity index is 1.91. The van der Waals surface area contributed by atoms with Crippen molar-refractivity contribution < 1.29 is 9.13 Å². The summed E-state index contributed by atoms with van der Waals surface area (Å²) in [6, 6.07) is 6.47. The van der Waals surface area contributed by atoms with Crippen LogP contribution in [-0.2, 0) is 11.3 Å². The topological polar surface area (TPSA) is 33.0 Å². The van der Waals surface area contributed by atoms with E-state index in [-0.39, 0.29) is 11.9 Å². The van der Waals surface area contributed by atoms with Crippen LogP contribution >= 0.6 is 0 Å². The number of nitrogens with zero attached hydrogens (tertiary/aromatic N) is 1. The highest BCUT2D eigenvalue weighted by molar-refractivity contribution is 5.32. The average molecular weight is 261 g/mol. The van der Waals surface area contributed by atoms with Gasteiger partial charge in [0.15, 0.2) is 0 Å². The first kappa shape index (κ1) is 14.0. The predicted molar refractivity (Wildman–Crippen MR) is 71.9 cm³/mol. The van der Waals surface area contributed by atoms with Gasteiger partial charge in [0.1, 0.15) is 5.82 Å². The summed E-state index contributed by atoms with van der Waals surface area (Å²) in [5, 5.41) is 8.69. The molecule has 3 heteroatoms. The summed E-state index contributed by atoms with van der Waals surface area (Å²) in [4.78, 5) is 0. The molecule has 19 heavy (non-hydrogen) atoms. The van der Waals surface area contributed by atoms with E-state index in [9.17, 15) is 4.39 Å². The van der Waals surface area contributed by atoms with E-state index in [2.05, 4.69) is 13.8 Å². The molecular weight excluding hydrogens is 241 g/mol. The van der Waals surface area contributed by atoms with E-state index in [1.165, 1.54) is 12.5 Å². The maximum absolute atomic E-state index is 13.7. The maximum Gasteiger partial charge on any atom is 0.130 e. The van der Waals surface area contributed by atoms with Crippen molar-refractivity contribution in [2.24, 2.45) is 11.8 Å². The lowest BCUT2D eigenvalue weighted by Gasteiger charge is -2.32. The molecule has 0 aliphatic heterocycles. The Morgan fingerprint density at radius 2 is 2.11 bits per heavy atom. The van der Waals surface area contributed by atoms with Gasteiger partial charge in [0.2, 0.25) is 0 Å². The van der Waals surface area contributed by atoms with E-state index >= 15 is 0 Å². The highest BCUT2D eigenvalue weighted by Gasteiger charge is 2.25. The van der Waals surface area contributed by atoms with Crippen LogP contribution in [0.2, 0.25) is 0 Å². The van der Waals surface area contributed by atoms with Gasteiger partial charge < -0.3 is 4.74 Å². The summed E-state index contributed by atoms with van der Waals surface area (Å²) in [7, 11) is 0. The highest BCUT2D eigenvalue weighted by atomic mass is 19.1. The van der Waals surface area contributed by atoms with Crippen molar-refractivity contribution in [2.75, 3.05) is 0 Å². The Morgan fingerprint density at radius 3 is 2.74 bits per heavy atom. The molecule has 1 aromatic rings. The maximum atomic E-state index is 13.7. The number of nitriles is 1. The number of rotatable bonds is 3. The number of benzene rings is 1. The fraction of sp³-hybridized carbons (Fsp3) is 0.562. The van der Waals surface area contributed by atoms with Crippen molar-refractivity contribution in [1.29, 1.82) is 5.26 Å². The molecule has 3 atom stereocenters. The average Bonchev–Trinajstić information content (AvgIpc) is 2.41. The predicted octanol–water partition coefficient (Wildman–Crippen LogP) is 4.04. The van der Waals surface area contributed by atoms with Crippen LogP contribution in [0.25, 0.3) is 0 Å². The van der Waals surface area contributed by atoms with Gasteiger partial charge in [-0.1, -0.05) is 19.9 Å². The third kappa shape index (κ3) is 3.54. The lowest BCUT2D eigenvalue weighted by Crippen LogP contribution is -2.26. The van der Waals surface area contributed by atoms with Gasteiger partial charge in [-0.05, 0) is 43.2 Å². The van der Waals surface area contributed by atoms with E-state index in [0.29, 0.717) is 23.7 Å². The lowest BCUT2D eigenvalue weighted by atomic mass is 9.80. The van der Waals surface area contributed by atoms with Crippen molar-refractivity contribution in [2.45, 2.75) is 45.8 Å². The molecular formula is C16H20FNO. The summed E-state index contributed by atoms with van der Waals surface area (Å²) in [5.74, 6) is 1.08. The van der Waals surface area contributed by atoms with E-state index in [0.717, 1.165) is 18.8 Å². The molecule has 2 nitrogen and oxygen atoms in total. The second-order valence-corrected chi connectivity index (χ2v) is 5.62. The molecule has 1 saturated carbocycles. The van der Waals surface area contributed by atoms with Gasteiger partial charge >= 0.3 is 0 Å². The second-order valence-electron chi connectivity index (χ2n) is 5.62. The molecule has 0 heterocycles. The van der Waals surface area contributed by atoms with Crippen LogP contribution in [0, 0.1) is 29.0 Å². The van der Waals surface area contributed by atoms with Gasteiger partial charge in [-0.25, -0.2) is 4.39 Å². The quantitative estimate of drug-likeness (QED) is 0.822. The van der Waals surface area contributed by atoms with E-state index in [4.69, 9.17) is 10.00 Å². The molecule has 3 unspecified atom stereocenters. The van der Waals surface area contributed by atoms with Gasteiger partial charge in [0, 0.05) is 5.56 Å².